The topological polar surface area (TPSA) is 46.6 Å². The summed E-state index contributed by atoms with van der Waals surface area (Å²) in [6, 6.07) is 8.29. The first-order chi connectivity index (χ1) is 13.9. The molecule has 0 radical (unpaired) electrons. The van der Waals surface area contributed by atoms with Crippen molar-refractivity contribution in [1.29, 1.82) is 0 Å². The Bertz CT molecular complexity index is 746. The van der Waals surface area contributed by atoms with E-state index in [1.165, 1.54) is 12.8 Å². The number of halogens is 1. The van der Waals surface area contributed by atoms with Gasteiger partial charge in [-0.15, -0.1) is 0 Å². The first-order valence-corrected chi connectivity index (χ1v) is 11.4. The fourth-order valence-corrected chi connectivity index (χ4v) is 5.53. The highest BCUT2D eigenvalue weighted by atomic mass is 35.5. The number of carbonyl (C=O) groups is 2. The number of piperidine rings is 1. The van der Waals surface area contributed by atoms with Crippen molar-refractivity contribution in [2.24, 2.45) is 11.3 Å². The Balaban J connectivity index is 1.23. The molecular weight excluding hydrogens is 386 g/mol. The zero-order valence-corrected chi connectivity index (χ0v) is 18.1. The molecule has 3 fully saturated rings. The summed E-state index contributed by atoms with van der Waals surface area (Å²) in [4.78, 5) is 27.5. The second-order valence-electron chi connectivity index (χ2n) is 9.71. The molecule has 3 heterocycles. The standard InChI is InChI=1S/C24H32ClNO3/c1-24(15-29-16-24)10-9-22(27)14-26-20-6-7-21(26)12-17(11-20)5-8-23(28)18-3-2-4-19(25)13-18/h2-4,13,17,20-21H,5-12,14-16H2,1H3/t17?,20-,21+. The molecule has 3 atom stereocenters. The van der Waals surface area contributed by atoms with Crippen molar-refractivity contribution in [3.63, 3.8) is 0 Å². The van der Waals surface area contributed by atoms with Crippen molar-refractivity contribution >= 4 is 23.2 Å². The predicted octanol–water partition coefficient (Wildman–Crippen LogP) is 4.93. The van der Waals surface area contributed by atoms with E-state index in [9.17, 15) is 9.59 Å². The summed E-state index contributed by atoms with van der Waals surface area (Å²) in [5.41, 5.74) is 0.936. The minimum Gasteiger partial charge on any atom is -0.380 e. The zero-order chi connectivity index (χ0) is 20.4. The highest BCUT2D eigenvalue weighted by molar-refractivity contribution is 6.31. The highest BCUT2D eigenvalue weighted by Gasteiger charge is 2.41. The molecule has 3 aliphatic rings. The average molecular weight is 418 g/mol. The van der Waals surface area contributed by atoms with E-state index < -0.39 is 0 Å². The van der Waals surface area contributed by atoms with Gasteiger partial charge in [-0.25, -0.2) is 0 Å². The third-order valence-electron chi connectivity index (χ3n) is 7.18. The molecule has 29 heavy (non-hydrogen) atoms. The summed E-state index contributed by atoms with van der Waals surface area (Å²) in [7, 11) is 0. The van der Waals surface area contributed by atoms with E-state index in [1.54, 1.807) is 12.1 Å². The highest BCUT2D eigenvalue weighted by Crippen LogP contribution is 2.40. The van der Waals surface area contributed by atoms with Crippen LogP contribution < -0.4 is 0 Å². The number of rotatable bonds is 9. The van der Waals surface area contributed by atoms with Crippen LogP contribution in [0, 0.1) is 11.3 Å². The van der Waals surface area contributed by atoms with Crippen molar-refractivity contribution in [1.82, 2.24) is 4.90 Å². The smallest absolute Gasteiger partial charge is 0.162 e. The molecule has 5 heteroatoms. The average Bonchev–Trinajstić information content (AvgIpc) is 2.90. The van der Waals surface area contributed by atoms with Crippen molar-refractivity contribution in [2.75, 3.05) is 19.8 Å². The number of carbonyl (C=O) groups excluding carboxylic acids is 2. The summed E-state index contributed by atoms with van der Waals surface area (Å²) in [5, 5.41) is 0.616. The molecule has 4 rings (SSSR count). The van der Waals surface area contributed by atoms with E-state index >= 15 is 0 Å². The van der Waals surface area contributed by atoms with Crippen molar-refractivity contribution < 1.29 is 14.3 Å². The Morgan fingerprint density at radius 2 is 1.90 bits per heavy atom. The van der Waals surface area contributed by atoms with Crippen LogP contribution in [0.2, 0.25) is 5.02 Å². The molecule has 2 bridgehead atoms. The number of fused-ring (bicyclic) bond motifs is 2. The molecule has 0 aromatic heterocycles. The Hall–Kier alpha value is -1.23. The Labute approximate surface area is 178 Å². The number of benzene rings is 1. The fourth-order valence-electron chi connectivity index (χ4n) is 5.34. The van der Waals surface area contributed by atoms with Crippen molar-refractivity contribution in [3.8, 4) is 0 Å². The molecule has 4 nitrogen and oxygen atoms in total. The Kier molecular flexibility index (Phi) is 6.43. The molecular formula is C24H32ClNO3. The maximum Gasteiger partial charge on any atom is 0.162 e. The van der Waals surface area contributed by atoms with E-state index in [-0.39, 0.29) is 11.2 Å². The summed E-state index contributed by atoms with van der Waals surface area (Å²) in [6.45, 7) is 4.42. The van der Waals surface area contributed by atoms with Gasteiger partial charge in [-0.2, -0.15) is 0 Å². The molecule has 158 valence electrons. The maximum atomic E-state index is 12.6. The zero-order valence-electron chi connectivity index (χ0n) is 17.4. The first kappa shape index (κ1) is 21.0. The van der Waals surface area contributed by atoms with Gasteiger partial charge in [0, 0.05) is 40.9 Å². The Morgan fingerprint density at radius 1 is 1.17 bits per heavy atom. The predicted molar refractivity (Wildman–Crippen MR) is 114 cm³/mol. The number of ether oxygens (including phenoxy) is 1. The molecule has 0 N–H and O–H groups in total. The van der Waals surface area contributed by atoms with Crippen molar-refractivity contribution in [3.05, 3.63) is 34.9 Å². The van der Waals surface area contributed by atoms with E-state index in [1.807, 2.05) is 12.1 Å². The molecule has 0 aliphatic carbocycles. The van der Waals surface area contributed by atoms with Gasteiger partial charge < -0.3 is 4.74 Å². The van der Waals surface area contributed by atoms with Gasteiger partial charge in [0.25, 0.3) is 0 Å². The number of ketones is 2. The van der Waals surface area contributed by atoms with E-state index in [0.29, 0.717) is 53.8 Å². The molecule has 1 unspecified atom stereocenters. The maximum absolute atomic E-state index is 12.6. The van der Waals surface area contributed by atoms with Crippen molar-refractivity contribution in [2.45, 2.75) is 70.4 Å². The fraction of sp³-hybridized carbons (Fsp3) is 0.667. The molecule has 1 aromatic carbocycles. The van der Waals surface area contributed by atoms with E-state index in [2.05, 4.69) is 11.8 Å². The lowest BCUT2D eigenvalue weighted by atomic mass is 9.82. The van der Waals surface area contributed by atoms with E-state index in [4.69, 9.17) is 16.3 Å². The molecule has 0 spiro atoms. The van der Waals surface area contributed by atoms with Gasteiger partial charge in [0.15, 0.2) is 5.78 Å². The lowest BCUT2D eigenvalue weighted by Gasteiger charge is -2.40. The van der Waals surface area contributed by atoms with Crippen LogP contribution in [0.25, 0.3) is 0 Å². The lowest BCUT2D eigenvalue weighted by molar-refractivity contribution is -0.128. The number of hydrogen-bond acceptors (Lipinski definition) is 4. The molecule has 0 amide bonds. The second kappa shape index (κ2) is 8.87. The number of hydrogen-bond donors (Lipinski definition) is 0. The normalized spacial score (nSPS) is 28.1. The number of Topliss-reactive ketones (excluding diaryl/α,β-unsaturated/α-hetero) is 2. The van der Waals surface area contributed by atoms with Gasteiger partial charge in [0.1, 0.15) is 5.78 Å². The van der Waals surface area contributed by atoms with Gasteiger partial charge in [-0.1, -0.05) is 30.7 Å². The van der Waals surface area contributed by atoms with Crippen LogP contribution in [0.5, 0.6) is 0 Å². The van der Waals surface area contributed by atoms with E-state index in [0.717, 1.165) is 38.9 Å². The third kappa shape index (κ3) is 5.10. The summed E-state index contributed by atoms with van der Waals surface area (Å²) >= 11 is 6.01. The van der Waals surface area contributed by atoms with Gasteiger partial charge >= 0.3 is 0 Å². The molecule has 3 aliphatic heterocycles. The van der Waals surface area contributed by atoms with Crippen LogP contribution >= 0.6 is 11.6 Å². The minimum absolute atomic E-state index is 0.186. The summed E-state index contributed by atoms with van der Waals surface area (Å²) in [5.74, 6) is 1.16. The van der Waals surface area contributed by atoms with Crippen LogP contribution in [0.15, 0.2) is 24.3 Å². The lowest BCUT2D eigenvalue weighted by Crippen LogP contribution is -2.46. The SMILES string of the molecule is CC1(CCC(=O)CN2[C@@H]3CC[C@H]2CC(CCC(=O)c2cccc(Cl)c2)C3)COC1. The molecule has 3 saturated heterocycles. The van der Waals surface area contributed by atoms with Crippen LogP contribution in [0.3, 0.4) is 0 Å². The van der Waals surface area contributed by atoms with Gasteiger partial charge in [0.2, 0.25) is 0 Å². The van der Waals surface area contributed by atoms with Crippen LogP contribution in [-0.2, 0) is 9.53 Å². The van der Waals surface area contributed by atoms with Crippen LogP contribution in [-0.4, -0.2) is 48.3 Å². The van der Waals surface area contributed by atoms with Crippen LogP contribution in [0.4, 0.5) is 0 Å². The first-order valence-electron chi connectivity index (χ1n) is 11.1. The second-order valence-corrected chi connectivity index (χ2v) is 10.1. The summed E-state index contributed by atoms with van der Waals surface area (Å²) in [6.07, 6.45) is 7.79. The van der Waals surface area contributed by atoms with Crippen LogP contribution in [0.1, 0.15) is 68.6 Å². The van der Waals surface area contributed by atoms with Gasteiger partial charge in [-0.3, -0.25) is 14.5 Å². The minimum atomic E-state index is 0.186. The van der Waals surface area contributed by atoms with Gasteiger partial charge in [0.05, 0.1) is 19.8 Å². The monoisotopic (exact) mass is 417 g/mol. The number of nitrogens with zero attached hydrogens (tertiary/aromatic N) is 1. The van der Waals surface area contributed by atoms with Gasteiger partial charge in [-0.05, 0) is 56.6 Å². The largest absolute Gasteiger partial charge is 0.380 e. The Morgan fingerprint density at radius 3 is 2.52 bits per heavy atom. The summed E-state index contributed by atoms with van der Waals surface area (Å²) < 4.78 is 5.30. The molecule has 1 aromatic rings. The third-order valence-corrected chi connectivity index (χ3v) is 7.41. The molecule has 0 saturated carbocycles. The quantitative estimate of drug-likeness (QED) is 0.534.